The van der Waals surface area contributed by atoms with Gasteiger partial charge in [-0.05, 0) is 31.5 Å². The van der Waals surface area contributed by atoms with E-state index in [2.05, 4.69) is 9.88 Å². The van der Waals surface area contributed by atoms with Crippen LogP contribution in [0.25, 0.3) is 0 Å². The zero-order valence-electron chi connectivity index (χ0n) is 10.4. The fourth-order valence-electron chi connectivity index (χ4n) is 2.22. The summed E-state index contributed by atoms with van der Waals surface area (Å²) < 4.78 is 0. The van der Waals surface area contributed by atoms with E-state index in [1.807, 2.05) is 26.0 Å². The van der Waals surface area contributed by atoms with Crippen LogP contribution in [-0.4, -0.2) is 46.8 Å². The standard InChI is InChI=1S/C12H16ClN3O2/c1-8-5-10(13)14-11(6-8)15-3-4-16(12(17)18)9(2)7-15/h5-6,9H,3-4,7H2,1-2H3,(H,17,18)/t9-/m0/s1. The maximum absolute atomic E-state index is 11.0. The molecule has 2 rings (SSSR count). The van der Waals surface area contributed by atoms with Crippen molar-refractivity contribution in [3.8, 4) is 0 Å². The van der Waals surface area contributed by atoms with Gasteiger partial charge in [0.2, 0.25) is 0 Å². The molecule has 0 saturated carbocycles. The molecule has 5 nitrogen and oxygen atoms in total. The SMILES string of the molecule is Cc1cc(Cl)nc(N2CCN(C(=O)O)[C@@H](C)C2)c1. The van der Waals surface area contributed by atoms with E-state index < -0.39 is 6.09 Å². The topological polar surface area (TPSA) is 56.7 Å². The Morgan fingerprint density at radius 2 is 2.22 bits per heavy atom. The van der Waals surface area contributed by atoms with Crippen LogP contribution >= 0.6 is 11.6 Å². The summed E-state index contributed by atoms with van der Waals surface area (Å²) in [6.07, 6.45) is -0.864. The van der Waals surface area contributed by atoms with Gasteiger partial charge in [-0.3, -0.25) is 0 Å². The molecular weight excluding hydrogens is 254 g/mol. The van der Waals surface area contributed by atoms with Gasteiger partial charge in [-0.2, -0.15) is 0 Å². The third-order valence-electron chi connectivity index (χ3n) is 3.12. The fraction of sp³-hybridized carbons (Fsp3) is 0.500. The number of amides is 1. The molecule has 1 saturated heterocycles. The highest BCUT2D eigenvalue weighted by molar-refractivity contribution is 6.29. The lowest BCUT2D eigenvalue weighted by Gasteiger charge is -2.38. The van der Waals surface area contributed by atoms with E-state index in [-0.39, 0.29) is 6.04 Å². The van der Waals surface area contributed by atoms with Gasteiger partial charge in [0.25, 0.3) is 0 Å². The fourth-order valence-corrected chi connectivity index (χ4v) is 2.48. The van der Waals surface area contributed by atoms with Crippen LogP contribution in [0.1, 0.15) is 12.5 Å². The molecule has 6 heteroatoms. The van der Waals surface area contributed by atoms with Gasteiger partial charge in [0.05, 0.1) is 0 Å². The molecule has 0 spiro atoms. The Morgan fingerprint density at radius 3 is 2.78 bits per heavy atom. The van der Waals surface area contributed by atoms with Crippen LogP contribution in [0.4, 0.5) is 10.6 Å². The van der Waals surface area contributed by atoms with Crippen LogP contribution in [0, 0.1) is 6.92 Å². The summed E-state index contributed by atoms with van der Waals surface area (Å²) in [5, 5.41) is 9.50. The first-order valence-corrected chi connectivity index (χ1v) is 6.24. The highest BCUT2D eigenvalue weighted by atomic mass is 35.5. The summed E-state index contributed by atoms with van der Waals surface area (Å²) in [7, 11) is 0. The summed E-state index contributed by atoms with van der Waals surface area (Å²) in [6.45, 7) is 5.64. The highest BCUT2D eigenvalue weighted by Crippen LogP contribution is 2.21. The number of hydrogen-bond donors (Lipinski definition) is 1. The quantitative estimate of drug-likeness (QED) is 0.795. The minimum Gasteiger partial charge on any atom is -0.465 e. The van der Waals surface area contributed by atoms with Gasteiger partial charge in [-0.25, -0.2) is 9.78 Å². The molecule has 0 aliphatic carbocycles. The third kappa shape index (κ3) is 2.67. The third-order valence-corrected chi connectivity index (χ3v) is 3.32. The lowest BCUT2D eigenvalue weighted by atomic mass is 10.2. The van der Waals surface area contributed by atoms with Crippen molar-refractivity contribution in [3.63, 3.8) is 0 Å². The Labute approximate surface area is 111 Å². The number of carbonyl (C=O) groups is 1. The van der Waals surface area contributed by atoms with Crippen molar-refractivity contribution in [2.24, 2.45) is 0 Å². The van der Waals surface area contributed by atoms with Gasteiger partial charge in [0.1, 0.15) is 11.0 Å². The lowest BCUT2D eigenvalue weighted by Crippen LogP contribution is -2.53. The summed E-state index contributed by atoms with van der Waals surface area (Å²) in [5.74, 6) is 0.817. The van der Waals surface area contributed by atoms with Crippen molar-refractivity contribution in [1.29, 1.82) is 0 Å². The molecule has 0 bridgehead atoms. The average Bonchev–Trinajstić information content (AvgIpc) is 2.26. The van der Waals surface area contributed by atoms with Crippen LogP contribution in [0.2, 0.25) is 5.15 Å². The maximum Gasteiger partial charge on any atom is 0.407 e. The van der Waals surface area contributed by atoms with Gasteiger partial charge in [-0.1, -0.05) is 11.6 Å². The zero-order chi connectivity index (χ0) is 13.3. The van der Waals surface area contributed by atoms with Crippen molar-refractivity contribution in [2.45, 2.75) is 19.9 Å². The number of nitrogens with zero attached hydrogens (tertiary/aromatic N) is 3. The molecule has 0 unspecified atom stereocenters. The minimum absolute atomic E-state index is 0.0441. The van der Waals surface area contributed by atoms with Crippen LogP contribution < -0.4 is 4.90 Å². The summed E-state index contributed by atoms with van der Waals surface area (Å²) in [5.41, 5.74) is 1.05. The first-order valence-electron chi connectivity index (χ1n) is 5.86. The van der Waals surface area contributed by atoms with Gasteiger partial charge in [-0.15, -0.1) is 0 Å². The molecule has 2 heterocycles. The summed E-state index contributed by atoms with van der Waals surface area (Å²) in [4.78, 5) is 18.8. The number of anilines is 1. The van der Waals surface area contributed by atoms with Crippen LogP contribution in [0.3, 0.4) is 0 Å². The van der Waals surface area contributed by atoms with Gasteiger partial charge >= 0.3 is 6.09 Å². The van der Waals surface area contributed by atoms with Gasteiger partial charge < -0.3 is 14.9 Å². The largest absolute Gasteiger partial charge is 0.465 e. The second-order valence-corrected chi connectivity index (χ2v) is 4.98. The molecule has 18 heavy (non-hydrogen) atoms. The summed E-state index contributed by atoms with van der Waals surface area (Å²) >= 11 is 5.94. The Hall–Kier alpha value is -1.49. The number of carboxylic acid groups (broad SMARTS) is 1. The number of aromatic nitrogens is 1. The predicted octanol–water partition coefficient (Wildman–Crippen LogP) is 2.23. The van der Waals surface area contributed by atoms with Crippen molar-refractivity contribution in [2.75, 3.05) is 24.5 Å². The molecule has 0 aromatic carbocycles. The number of piperazine rings is 1. The smallest absolute Gasteiger partial charge is 0.407 e. The molecule has 1 aliphatic rings. The Morgan fingerprint density at radius 1 is 1.50 bits per heavy atom. The average molecular weight is 270 g/mol. The normalized spacial score (nSPS) is 20.1. The number of pyridine rings is 1. The molecular formula is C12H16ClN3O2. The Bertz CT molecular complexity index is 446. The van der Waals surface area contributed by atoms with E-state index in [1.165, 1.54) is 4.90 Å². The first-order chi connectivity index (χ1) is 8.47. The van der Waals surface area contributed by atoms with Crippen molar-refractivity contribution in [1.82, 2.24) is 9.88 Å². The molecule has 1 atom stereocenters. The Kier molecular flexibility index (Phi) is 3.61. The molecule has 1 fully saturated rings. The number of rotatable bonds is 1. The molecule has 1 N–H and O–H groups in total. The maximum atomic E-state index is 11.0. The van der Waals surface area contributed by atoms with Gasteiger partial charge in [0.15, 0.2) is 0 Å². The molecule has 1 aromatic heterocycles. The molecule has 0 radical (unpaired) electrons. The number of aryl methyl sites for hydroxylation is 1. The second kappa shape index (κ2) is 5.02. The van der Waals surface area contributed by atoms with Crippen molar-refractivity contribution in [3.05, 3.63) is 22.8 Å². The molecule has 1 aliphatic heterocycles. The van der Waals surface area contributed by atoms with E-state index in [0.29, 0.717) is 24.8 Å². The number of halogens is 1. The first kappa shape index (κ1) is 13.0. The van der Waals surface area contributed by atoms with E-state index in [0.717, 1.165) is 11.4 Å². The van der Waals surface area contributed by atoms with Crippen LogP contribution in [0.5, 0.6) is 0 Å². The van der Waals surface area contributed by atoms with Crippen LogP contribution in [0.15, 0.2) is 12.1 Å². The monoisotopic (exact) mass is 269 g/mol. The molecule has 1 amide bonds. The van der Waals surface area contributed by atoms with Crippen molar-refractivity contribution < 1.29 is 9.90 Å². The van der Waals surface area contributed by atoms with E-state index in [4.69, 9.17) is 16.7 Å². The lowest BCUT2D eigenvalue weighted by molar-refractivity contribution is 0.122. The van der Waals surface area contributed by atoms with E-state index in [1.54, 1.807) is 0 Å². The van der Waals surface area contributed by atoms with Crippen LogP contribution in [-0.2, 0) is 0 Å². The number of hydrogen-bond acceptors (Lipinski definition) is 3. The highest BCUT2D eigenvalue weighted by Gasteiger charge is 2.27. The molecule has 1 aromatic rings. The predicted molar refractivity (Wildman–Crippen MR) is 70.4 cm³/mol. The second-order valence-electron chi connectivity index (χ2n) is 4.60. The minimum atomic E-state index is -0.864. The Balaban J connectivity index is 2.14. The van der Waals surface area contributed by atoms with E-state index >= 15 is 0 Å². The van der Waals surface area contributed by atoms with E-state index in [9.17, 15) is 4.79 Å². The zero-order valence-corrected chi connectivity index (χ0v) is 11.2. The van der Waals surface area contributed by atoms with Crippen molar-refractivity contribution >= 4 is 23.5 Å². The molecule has 98 valence electrons. The summed E-state index contributed by atoms with van der Waals surface area (Å²) in [6, 6.07) is 3.73. The van der Waals surface area contributed by atoms with Gasteiger partial charge in [0, 0.05) is 25.7 Å².